The Bertz CT molecular complexity index is 387. The Morgan fingerprint density at radius 2 is 2.22 bits per heavy atom. The minimum absolute atomic E-state index is 0.785. The van der Waals surface area contributed by atoms with Crippen molar-refractivity contribution in [2.75, 3.05) is 13.1 Å². The highest BCUT2D eigenvalue weighted by Crippen LogP contribution is 2.17. The van der Waals surface area contributed by atoms with Crippen LogP contribution in [0.25, 0.3) is 0 Å². The van der Waals surface area contributed by atoms with E-state index in [0.717, 1.165) is 44.1 Å². The van der Waals surface area contributed by atoms with Gasteiger partial charge in [-0.2, -0.15) is 0 Å². The van der Waals surface area contributed by atoms with E-state index in [9.17, 15) is 0 Å². The molecule has 0 aliphatic carbocycles. The summed E-state index contributed by atoms with van der Waals surface area (Å²) in [6.07, 6.45) is 6.56. The number of fused-ring (bicyclic) bond motifs is 1. The van der Waals surface area contributed by atoms with Gasteiger partial charge in [0.2, 0.25) is 0 Å². The van der Waals surface area contributed by atoms with Crippen LogP contribution in [-0.2, 0) is 19.4 Å². The molecule has 0 N–H and O–H groups in total. The Balaban J connectivity index is 2.00. The molecule has 18 heavy (non-hydrogen) atoms. The summed E-state index contributed by atoms with van der Waals surface area (Å²) in [5, 5.41) is 0. The average Bonchev–Trinajstić information content (AvgIpc) is 2.36. The molecule has 0 atom stereocenters. The Hall–Kier alpha value is -0.960. The maximum absolute atomic E-state index is 4.73. The molecule has 2 heterocycles. The first-order valence-electron chi connectivity index (χ1n) is 7.25. The molecule has 2 rings (SSSR count). The van der Waals surface area contributed by atoms with Gasteiger partial charge in [-0.05, 0) is 37.3 Å². The predicted octanol–water partition coefficient (Wildman–Crippen LogP) is 2.83. The molecule has 0 saturated carbocycles. The lowest BCUT2D eigenvalue weighted by Crippen LogP contribution is -2.33. The van der Waals surface area contributed by atoms with Crippen LogP contribution in [0.15, 0.2) is 6.20 Å². The summed E-state index contributed by atoms with van der Waals surface area (Å²) in [5.74, 6) is 1.80. The van der Waals surface area contributed by atoms with E-state index in [1.165, 1.54) is 24.2 Å². The second-order valence-corrected chi connectivity index (χ2v) is 5.72. The topological polar surface area (TPSA) is 29.0 Å². The summed E-state index contributed by atoms with van der Waals surface area (Å²) in [6, 6.07) is 0. The summed E-state index contributed by atoms with van der Waals surface area (Å²) in [5.41, 5.74) is 2.62. The van der Waals surface area contributed by atoms with Gasteiger partial charge in [0.1, 0.15) is 5.82 Å². The highest BCUT2D eigenvalue weighted by molar-refractivity contribution is 5.20. The van der Waals surface area contributed by atoms with Crippen molar-refractivity contribution >= 4 is 0 Å². The molecular weight excluding hydrogens is 222 g/mol. The molecule has 0 aromatic carbocycles. The molecule has 1 aromatic rings. The minimum Gasteiger partial charge on any atom is -0.297 e. The molecule has 0 saturated heterocycles. The van der Waals surface area contributed by atoms with Crippen molar-refractivity contribution in [2.24, 2.45) is 5.92 Å². The Labute approximate surface area is 111 Å². The second kappa shape index (κ2) is 6.28. The summed E-state index contributed by atoms with van der Waals surface area (Å²) >= 11 is 0. The van der Waals surface area contributed by atoms with Crippen LogP contribution >= 0.6 is 0 Å². The number of hydrogen-bond acceptors (Lipinski definition) is 3. The van der Waals surface area contributed by atoms with Crippen LogP contribution in [0.2, 0.25) is 0 Å². The van der Waals surface area contributed by atoms with Crippen LogP contribution in [0.4, 0.5) is 0 Å². The number of aryl methyl sites for hydroxylation is 1. The highest BCUT2D eigenvalue weighted by Gasteiger charge is 2.18. The van der Waals surface area contributed by atoms with Crippen molar-refractivity contribution in [1.82, 2.24) is 14.9 Å². The Morgan fingerprint density at radius 3 is 2.94 bits per heavy atom. The first-order valence-corrected chi connectivity index (χ1v) is 7.25. The van der Waals surface area contributed by atoms with Gasteiger partial charge in [-0.1, -0.05) is 20.8 Å². The monoisotopic (exact) mass is 247 g/mol. The fourth-order valence-corrected chi connectivity index (χ4v) is 2.37. The Morgan fingerprint density at radius 1 is 1.39 bits per heavy atom. The van der Waals surface area contributed by atoms with Crippen LogP contribution in [0.5, 0.6) is 0 Å². The molecule has 1 aliphatic heterocycles. The van der Waals surface area contributed by atoms with E-state index in [1.807, 2.05) is 6.20 Å². The molecule has 100 valence electrons. The molecule has 0 fully saturated rings. The first-order chi connectivity index (χ1) is 8.69. The Kier molecular flexibility index (Phi) is 4.70. The lowest BCUT2D eigenvalue weighted by Gasteiger charge is -2.28. The lowest BCUT2D eigenvalue weighted by atomic mass is 10.0. The summed E-state index contributed by atoms with van der Waals surface area (Å²) in [4.78, 5) is 11.7. The molecule has 1 aliphatic rings. The number of aromatic nitrogens is 2. The van der Waals surface area contributed by atoms with E-state index >= 15 is 0 Å². The molecule has 0 spiro atoms. The normalized spacial score (nSPS) is 16.0. The fraction of sp³-hybridized carbons (Fsp3) is 0.733. The zero-order valence-corrected chi connectivity index (χ0v) is 11.9. The fourth-order valence-electron chi connectivity index (χ4n) is 2.37. The molecule has 0 amide bonds. The number of hydrogen-bond donors (Lipinski definition) is 0. The van der Waals surface area contributed by atoms with Crippen molar-refractivity contribution in [3.63, 3.8) is 0 Å². The van der Waals surface area contributed by atoms with Gasteiger partial charge in [0.25, 0.3) is 0 Å². The standard InChI is InChI=1S/C15H25N3/c1-4-5-15-16-10-13-7-9-18(8-6-12(2)3)11-14(13)17-15/h10,12H,4-9,11H2,1-3H3. The first kappa shape index (κ1) is 13.5. The third-order valence-electron chi connectivity index (χ3n) is 3.57. The van der Waals surface area contributed by atoms with E-state index in [1.54, 1.807) is 0 Å². The van der Waals surface area contributed by atoms with Crippen LogP contribution < -0.4 is 0 Å². The van der Waals surface area contributed by atoms with E-state index in [2.05, 4.69) is 30.7 Å². The second-order valence-electron chi connectivity index (χ2n) is 5.72. The van der Waals surface area contributed by atoms with Crippen LogP contribution in [-0.4, -0.2) is 28.0 Å². The molecule has 0 unspecified atom stereocenters. The molecule has 0 bridgehead atoms. The molecule has 1 aromatic heterocycles. The molecular formula is C15H25N3. The van der Waals surface area contributed by atoms with Crippen LogP contribution in [0, 0.1) is 5.92 Å². The van der Waals surface area contributed by atoms with Gasteiger partial charge in [0.15, 0.2) is 0 Å². The highest BCUT2D eigenvalue weighted by atomic mass is 15.1. The van der Waals surface area contributed by atoms with Gasteiger partial charge in [-0.3, -0.25) is 4.90 Å². The quantitative estimate of drug-likeness (QED) is 0.801. The predicted molar refractivity (Wildman–Crippen MR) is 74.5 cm³/mol. The van der Waals surface area contributed by atoms with Crippen molar-refractivity contribution in [3.05, 3.63) is 23.3 Å². The number of rotatable bonds is 5. The van der Waals surface area contributed by atoms with Gasteiger partial charge >= 0.3 is 0 Å². The van der Waals surface area contributed by atoms with E-state index in [4.69, 9.17) is 4.98 Å². The molecule has 3 heteroatoms. The third-order valence-corrected chi connectivity index (χ3v) is 3.57. The van der Waals surface area contributed by atoms with Crippen molar-refractivity contribution in [1.29, 1.82) is 0 Å². The summed E-state index contributed by atoms with van der Waals surface area (Å²) < 4.78 is 0. The van der Waals surface area contributed by atoms with Crippen LogP contribution in [0.1, 0.15) is 50.7 Å². The number of nitrogens with zero attached hydrogens (tertiary/aromatic N) is 3. The average molecular weight is 247 g/mol. The van der Waals surface area contributed by atoms with Crippen molar-refractivity contribution < 1.29 is 0 Å². The van der Waals surface area contributed by atoms with E-state index in [-0.39, 0.29) is 0 Å². The van der Waals surface area contributed by atoms with Gasteiger partial charge < -0.3 is 0 Å². The van der Waals surface area contributed by atoms with Gasteiger partial charge in [0.05, 0.1) is 5.69 Å². The SMILES string of the molecule is CCCc1ncc2c(n1)CN(CCC(C)C)CC2. The van der Waals surface area contributed by atoms with Crippen molar-refractivity contribution in [2.45, 2.75) is 53.0 Å². The van der Waals surface area contributed by atoms with Gasteiger partial charge in [0, 0.05) is 25.7 Å². The maximum Gasteiger partial charge on any atom is 0.128 e. The molecule has 3 nitrogen and oxygen atoms in total. The van der Waals surface area contributed by atoms with Gasteiger partial charge in [-0.15, -0.1) is 0 Å². The lowest BCUT2D eigenvalue weighted by molar-refractivity contribution is 0.235. The van der Waals surface area contributed by atoms with E-state index in [0.29, 0.717) is 0 Å². The minimum atomic E-state index is 0.785. The summed E-state index contributed by atoms with van der Waals surface area (Å²) in [7, 11) is 0. The van der Waals surface area contributed by atoms with Crippen LogP contribution in [0.3, 0.4) is 0 Å². The largest absolute Gasteiger partial charge is 0.297 e. The zero-order valence-electron chi connectivity index (χ0n) is 11.9. The zero-order chi connectivity index (χ0) is 13.0. The smallest absolute Gasteiger partial charge is 0.128 e. The van der Waals surface area contributed by atoms with E-state index < -0.39 is 0 Å². The summed E-state index contributed by atoms with van der Waals surface area (Å²) in [6.45, 7) is 10.1. The maximum atomic E-state index is 4.73. The van der Waals surface area contributed by atoms with Gasteiger partial charge in [-0.25, -0.2) is 9.97 Å². The molecule has 0 radical (unpaired) electrons. The van der Waals surface area contributed by atoms with Crippen molar-refractivity contribution in [3.8, 4) is 0 Å². The third kappa shape index (κ3) is 3.52.